The van der Waals surface area contributed by atoms with Crippen molar-refractivity contribution in [3.8, 4) is 61.8 Å². The lowest BCUT2D eigenvalue weighted by molar-refractivity contribution is 0.483. The van der Waals surface area contributed by atoms with E-state index in [0.717, 1.165) is 101 Å². The Hall–Kier alpha value is -8.88. The molecule has 8 heteroatoms. The van der Waals surface area contributed by atoms with E-state index in [1.807, 2.05) is 54.7 Å². The molecule has 0 radical (unpaired) electrons. The molecule has 0 N–H and O–H groups in total. The van der Waals surface area contributed by atoms with E-state index in [2.05, 4.69) is 260 Å². The van der Waals surface area contributed by atoms with Gasteiger partial charge < -0.3 is 14.5 Å². The topological polar surface area (TPSA) is 33.5 Å². The molecule has 5 nitrogen and oxygen atoms in total. The van der Waals surface area contributed by atoms with Gasteiger partial charge in [-0.05, 0) is 160 Å². The number of rotatable bonds is 9. The van der Waals surface area contributed by atoms with E-state index in [-0.39, 0.29) is 44.7 Å². The number of hydrogen-bond donors (Lipinski definition) is 0. The summed E-state index contributed by atoms with van der Waals surface area (Å²) in [4.78, 5) is 9.48. The van der Waals surface area contributed by atoms with Crippen molar-refractivity contribution < 1.29 is 17.9 Å². The molecule has 3 heterocycles. The molecule has 0 bridgehead atoms. The average molecular weight is 1230 g/mol. The van der Waals surface area contributed by atoms with Crippen LogP contribution in [0.15, 0.2) is 188 Å². The summed E-state index contributed by atoms with van der Waals surface area (Å²) in [6, 6.07) is 61.1. The highest BCUT2D eigenvalue weighted by Gasteiger charge is 2.36. The van der Waals surface area contributed by atoms with Crippen LogP contribution in [0.2, 0.25) is 0 Å². The standard InChI is InChI=1S/C84H87F3N4O/c1-79(2,3)55-34-35-88-75(45-55)91-71-29-23-22-28-63(71)64-33-32-61(49-74(64)91)92-62-39-54(76-67(83(13,14)15)43-58(82(10,11)12)44-68(76)84(16,17)18)38-60(48-62)89-50-90(73-31-25-24-30-72(73)89)78-65(53-36-56(80(4,5)6)42-57(37-53)81(7,8)9)40-52(51-26-20-19-21-27-51)41-66(78)77-69(86)46-59(85)47-70(77)87/h19-49H,50H2,1-18H3. The number of aromatic nitrogens is 2. The van der Waals surface area contributed by atoms with E-state index in [0.29, 0.717) is 22.7 Å². The van der Waals surface area contributed by atoms with Gasteiger partial charge >= 0.3 is 0 Å². The molecule has 2 aromatic heterocycles. The fourth-order valence-corrected chi connectivity index (χ4v) is 13.1. The molecule has 0 saturated carbocycles. The second-order valence-electron chi connectivity index (χ2n) is 31.5. The minimum absolute atomic E-state index is 0.0999. The number of ether oxygens (including phenoxy) is 1. The summed E-state index contributed by atoms with van der Waals surface area (Å²) >= 11 is 0. The van der Waals surface area contributed by atoms with E-state index < -0.39 is 17.5 Å². The Bertz CT molecular complexity index is 4590. The molecular weight excluding hydrogens is 1140 g/mol. The van der Waals surface area contributed by atoms with E-state index >= 15 is 13.2 Å². The van der Waals surface area contributed by atoms with Crippen molar-refractivity contribution in [2.75, 3.05) is 16.5 Å². The van der Waals surface area contributed by atoms with E-state index in [1.165, 1.54) is 22.3 Å². The number of hydrogen-bond acceptors (Lipinski definition) is 4. The van der Waals surface area contributed by atoms with Gasteiger partial charge in [-0.25, -0.2) is 18.2 Å². The number of pyridine rings is 1. The predicted octanol–water partition coefficient (Wildman–Crippen LogP) is 24.1. The molecule has 9 aromatic carbocycles. The van der Waals surface area contributed by atoms with Crippen molar-refractivity contribution >= 4 is 44.6 Å². The van der Waals surface area contributed by atoms with E-state index in [9.17, 15) is 0 Å². The summed E-state index contributed by atoms with van der Waals surface area (Å²) in [5, 5.41) is 2.20. The molecule has 0 saturated heterocycles. The fourth-order valence-electron chi connectivity index (χ4n) is 13.1. The first-order chi connectivity index (χ1) is 43.1. The lowest BCUT2D eigenvalue weighted by atomic mass is 9.71. The Morgan fingerprint density at radius 2 is 0.924 bits per heavy atom. The molecule has 1 aliphatic rings. The normalized spacial score (nSPS) is 13.4. The first kappa shape index (κ1) is 63.3. The highest BCUT2D eigenvalue weighted by molar-refractivity contribution is 6.09. The predicted molar refractivity (Wildman–Crippen MR) is 381 cm³/mol. The van der Waals surface area contributed by atoms with Gasteiger partial charge in [-0.1, -0.05) is 216 Å². The third kappa shape index (κ3) is 12.0. The number of anilines is 4. The number of nitrogens with zero attached hydrogens (tertiary/aromatic N) is 4. The van der Waals surface area contributed by atoms with Crippen molar-refractivity contribution in [2.24, 2.45) is 0 Å². The Morgan fingerprint density at radius 1 is 0.380 bits per heavy atom. The first-order valence-corrected chi connectivity index (χ1v) is 32.3. The molecule has 0 unspecified atom stereocenters. The molecule has 11 aromatic rings. The lowest BCUT2D eigenvalue weighted by Crippen LogP contribution is -2.25. The molecule has 0 spiro atoms. The molecule has 1 aliphatic heterocycles. The quantitative estimate of drug-likeness (QED) is 0.144. The molecule has 0 aliphatic carbocycles. The van der Waals surface area contributed by atoms with Gasteiger partial charge in [0.2, 0.25) is 0 Å². The molecule has 470 valence electrons. The summed E-state index contributed by atoms with van der Waals surface area (Å²) in [6.07, 6.45) is 1.90. The summed E-state index contributed by atoms with van der Waals surface area (Å²) in [6.45, 7) is 40.8. The van der Waals surface area contributed by atoms with Crippen LogP contribution >= 0.6 is 0 Å². The fraction of sp³-hybridized carbons (Fsp3) is 0.298. The Balaban J connectivity index is 1.13. The van der Waals surface area contributed by atoms with Crippen molar-refractivity contribution in [1.29, 1.82) is 0 Å². The van der Waals surface area contributed by atoms with E-state index in [1.54, 1.807) is 0 Å². The first-order valence-electron chi connectivity index (χ1n) is 32.3. The number of para-hydroxylation sites is 3. The maximum atomic E-state index is 17.1. The van der Waals surface area contributed by atoms with Crippen molar-refractivity contribution in [2.45, 2.75) is 157 Å². The zero-order valence-corrected chi connectivity index (χ0v) is 56.9. The highest BCUT2D eigenvalue weighted by Crippen LogP contribution is 2.55. The van der Waals surface area contributed by atoms with Crippen molar-refractivity contribution in [3.05, 3.63) is 239 Å². The molecule has 0 amide bonds. The largest absolute Gasteiger partial charge is 0.457 e. The van der Waals surface area contributed by atoms with Gasteiger partial charge in [0.25, 0.3) is 0 Å². The van der Waals surface area contributed by atoms with Gasteiger partial charge in [0.1, 0.15) is 41.4 Å². The SMILES string of the molecule is CC(C)(C)c1cc(-c2cc(-c3ccccc3)cc(-c3c(F)cc(F)cc3F)c2N2CN(c3cc(Oc4ccc5c6ccccc6n(-c6cc(C(C)(C)C)ccn6)c5c4)cc(-c4c(C(C)(C)C)cc(C(C)(C)C)cc4C(C)(C)C)c3)c3ccccc32)cc(C(C)(C)C)c1. The van der Waals surface area contributed by atoms with Gasteiger partial charge in [-0.15, -0.1) is 0 Å². The Labute approximate surface area is 543 Å². The summed E-state index contributed by atoms with van der Waals surface area (Å²) in [7, 11) is 0. The van der Waals surface area contributed by atoms with Crippen LogP contribution in [0.3, 0.4) is 0 Å². The zero-order valence-electron chi connectivity index (χ0n) is 56.9. The smallest absolute Gasteiger partial charge is 0.137 e. The third-order valence-electron chi connectivity index (χ3n) is 18.3. The highest BCUT2D eigenvalue weighted by atomic mass is 19.1. The molecular formula is C84H87F3N4O. The molecule has 12 rings (SSSR count). The Kier molecular flexibility index (Phi) is 15.6. The Morgan fingerprint density at radius 3 is 1.52 bits per heavy atom. The minimum atomic E-state index is -0.993. The zero-order chi connectivity index (χ0) is 65.9. The molecule has 0 atom stereocenters. The lowest BCUT2D eigenvalue weighted by Gasteiger charge is -2.34. The van der Waals surface area contributed by atoms with Crippen LogP contribution in [0.1, 0.15) is 158 Å². The average Bonchev–Trinajstić information content (AvgIpc) is 1.40. The maximum absolute atomic E-state index is 17.1. The van der Waals surface area contributed by atoms with Gasteiger partial charge in [-0.2, -0.15) is 0 Å². The van der Waals surface area contributed by atoms with Crippen LogP contribution in [0, 0.1) is 17.5 Å². The summed E-state index contributed by atoms with van der Waals surface area (Å²) in [5.41, 5.74) is 16.3. The second kappa shape index (κ2) is 22.8. The van der Waals surface area contributed by atoms with Gasteiger partial charge in [0, 0.05) is 58.0 Å². The summed E-state index contributed by atoms with van der Waals surface area (Å²) < 4.78 is 59.2. The monoisotopic (exact) mass is 1220 g/mol. The van der Waals surface area contributed by atoms with Crippen LogP contribution in [-0.4, -0.2) is 16.2 Å². The molecule has 0 fully saturated rings. The number of benzene rings is 9. The van der Waals surface area contributed by atoms with Crippen molar-refractivity contribution in [3.63, 3.8) is 0 Å². The van der Waals surface area contributed by atoms with Crippen LogP contribution < -0.4 is 14.5 Å². The second-order valence-corrected chi connectivity index (χ2v) is 31.5. The van der Waals surface area contributed by atoms with Gasteiger partial charge in [0.15, 0.2) is 0 Å². The number of halogens is 3. The molecule has 92 heavy (non-hydrogen) atoms. The minimum Gasteiger partial charge on any atom is -0.457 e. The van der Waals surface area contributed by atoms with Gasteiger partial charge in [0.05, 0.1) is 33.7 Å². The third-order valence-corrected chi connectivity index (χ3v) is 18.3. The van der Waals surface area contributed by atoms with Crippen LogP contribution in [0.5, 0.6) is 11.5 Å². The van der Waals surface area contributed by atoms with Crippen LogP contribution in [0.4, 0.5) is 35.9 Å². The number of fused-ring (bicyclic) bond motifs is 4. The van der Waals surface area contributed by atoms with E-state index in [4.69, 9.17) is 9.72 Å². The maximum Gasteiger partial charge on any atom is 0.137 e. The van der Waals surface area contributed by atoms with Crippen LogP contribution in [-0.2, 0) is 32.5 Å². The van der Waals surface area contributed by atoms with Gasteiger partial charge in [-0.3, -0.25) is 4.57 Å². The van der Waals surface area contributed by atoms with Crippen LogP contribution in [0.25, 0.3) is 72.1 Å². The van der Waals surface area contributed by atoms with Crippen molar-refractivity contribution in [1.82, 2.24) is 9.55 Å². The summed E-state index contributed by atoms with van der Waals surface area (Å²) in [5.74, 6) is -0.872.